The van der Waals surface area contributed by atoms with Crippen LogP contribution in [0.4, 0.5) is 0 Å². The number of hydrogen-bond donors (Lipinski definition) is 1. The van der Waals surface area contributed by atoms with Gasteiger partial charge in [-0.3, -0.25) is 9.78 Å². The molecule has 0 saturated carbocycles. The zero-order valence-corrected chi connectivity index (χ0v) is 8.70. The summed E-state index contributed by atoms with van der Waals surface area (Å²) in [6.07, 6.45) is 1.74. The van der Waals surface area contributed by atoms with Crippen LogP contribution in [-0.2, 0) is 4.79 Å². The minimum absolute atomic E-state index is 0.0891. The van der Waals surface area contributed by atoms with E-state index in [1.165, 1.54) is 11.8 Å². The number of thioether (sulfide) groups is 1. The van der Waals surface area contributed by atoms with Gasteiger partial charge in [-0.25, -0.2) is 0 Å². The van der Waals surface area contributed by atoms with Crippen LogP contribution in [0.1, 0.15) is 0 Å². The first-order chi connectivity index (χ1) is 7.25. The highest BCUT2D eigenvalue weighted by molar-refractivity contribution is 8.00. The van der Waals surface area contributed by atoms with E-state index in [9.17, 15) is 4.79 Å². The summed E-state index contributed by atoms with van der Waals surface area (Å²) in [5.41, 5.74) is 0.928. The van der Waals surface area contributed by atoms with Crippen molar-refractivity contribution >= 4 is 28.6 Å². The highest BCUT2D eigenvalue weighted by Gasteiger charge is 2.00. The number of hydrogen-bond acceptors (Lipinski definition) is 3. The Bertz CT molecular complexity index is 499. The predicted molar refractivity (Wildman–Crippen MR) is 60.1 cm³/mol. The van der Waals surface area contributed by atoms with E-state index < -0.39 is 5.97 Å². The number of nitrogens with zero attached hydrogens (tertiary/aromatic N) is 1. The first-order valence-corrected chi connectivity index (χ1v) is 5.43. The van der Waals surface area contributed by atoms with Crippen molar-refractivity contribution in [2.24, 2.45) is 0 Å². The van der Waals surface area contributed by atoms with Gasteiger partial charge in [-0.15, -0.1) is 11.8 Å². The maximum absolute atomic E-state index is 10.4. The maximum Gasteiger partial charge on any atom is 0.313 e. The van der Waals surface area contributed by atoms with Crippen LogP contribution in [0, 0.1) is 0 Å². The summed E-state index contributed by atoms with van der Waals surface area (Å²) in [6, 6.07) is 9.58. The minimum Gasteiger partial charge on any atom is -0.481 e. The summed E-state index contributed by atoms with van der Waals surface area (Å²) in [4.78, 5) is 15.6. The molecule has 1 heterocycles. The van der Waals surface area contributed by atoms with Crippen LogP contribution in [0.15, 0.2) is 41.4 Å². The molecule has 0 aliphatic carbocycles. The molecule has 3 nitrogen and oxygen atoms in total. The molecule has 1 aromatic heterocycles. The van der Waals surface area contributed by atoms with Crippen LogP contribution in [0.3, 0.4) is 0 Å². The van der Waals surface area contributed by atoms with Crippen molar-refractivity contribution in [3.8, 4) is 0 Å². The van der Waals surface area contributed by atoms with E-state index in [1.807, 2.05) is 30.3 Å². The van der Waals surface area contributed by atoms with Gasteiger partial charge in [-0.1, -0.05) is 6.07 Å². The van der Waals surface area contributed by atoms with Crippen LogP contribution < -0.4 is 0 Å². The fraction of sp³-hybridized carbons (Fsp3) is 0.0909. The third kappa shape index (κ3) is 2.47. The van der Waals surface area contributed by atoms with E-state index in [2.05, 4.69) is 4.98 Å². The lowest BCUT2D eigenvalue weighted by Gasteiger charge is -2.00. The Labute approximate surface area is 91.1 Å². The summed E-state index contributed by atoms with van der Waals surface area (Å²) in [6.45, 7) is 0. The van der Waals surface area contributed by atoms with Crippen molar-refractivity contribution in [3.63, 3.8) is 0 Å². The smallest absolute Gasteiger partial charge is 0.313 e. The number of aliphatic carboxylic acids is 1. The largest absolute Gasteiger partial charge is 0.481 e. The summed E-state index contributed by atoms with van der Waals surface area (Å²) in [5.74, 6) is -0.711. The second kappa shape index (κ2) is 4.31. The molecule has 76 valence electrons. The predicted octanol–water partition coefficient (Wildman–Crippen LogP) is 2.41. The molecule has 2 aromatic rings. The molecule has 4 heteroatoms. The summed E-state index contributed by atoms with van der Waals surface area (Å²) in [5, 5.41) is 9.59. The lowest BCUT2D eigenvalue weighted by Crippen LogP contribution is -1.97. The van der Waals surface area contributed by atoms with Crippen molar-refractivity contribution in [2.45, 2.75) is 4.90 Å². The molecule has 1 N–H and O–H groups in total. The molecule has 0 fully saturated rings. The Morgan fingerprint density at radius 2 is 2.27 bits per heavy atom. The quantitative estimate of drug-likeness (QED) is 0.805. The maximum atomic E-state index is 10.4. The van der Waals surface area contributed by atoms with Crippen LogP contribution in [0.2, 0.25) is 0 Å². The number of rotatable bonds is 3. The molecule has 0 aliphatic rings. The molecule has 0 bridgehead atoms. The molecule has 1 aromatic carbocycles. The standard InChI is InChI=1S/C11H9NO2S/c13-11(14)7-15-9-3-4-10-8(6-9)2-1-5-12-10/h1-6H,7H2,(H,13,14). The third-order valence-electron chi connectivity index (χ3n) is 1.94. The number of carboxylic acids is 1. The lowest BCUT2D eigenvalue weighted by molar-refractivity contribution is -0.133. The van der Waals surface area contributed by atoms with Crippen LogP contribution in [0.25, 0.3) is 10.9 Å². The van der Waals surface area contributed by atoms with Gasteiger partial charge in [0.25, 0.3) is 0 Å². The monoisotopic (exact) mass is 219 g/mol. The lowest BCUT2D eigenvalue weighted by atomic mass is 10.2. The van der Waals surface area contributed by atoms with Crippen molar-refractivity contribution in [1.29, 1.82) is 0 Å². The van der Waals surface area contributed by atoms with Gasteiger partial charge < -0.3 is 5.11 Å². The Kier molecular flexibility index (Phi) is 2.87. The van der Waals surface area contributed by atoms with E-state index in [-0.39, 0.29) is 5.75 Å². The topological polar surface area (TPSA) is 50.2 Å². The molecule has 0 saturated heterocycles. The number of fused-ring (bicyclic) bond motifs is 1. The van der Waals surface area contributed by atoms with Gasteiger partial charge in [-0.2, -0.15) is 0 Å². The number of carboxylic acid groups (broad SMARTS) is 1. The van der Waals surface area contributed by atoms with Crippen LogP contribution >= 0.6 is 11.8 Å². The van der Waals surface area contributed by atoms with Gasteiger partial charge in [0.15, 0.2) is 0 Å². The fourth-order valence-electron chi connectivity index (χ4n) is 1.29. The van der Waals surface area contributed by atoms with Crippen LogP contribution in [0.5, 0.6) is 0 Å². The summed E-state index contributed by atoms with van der Waals surface area (Å²) in [7, 11) is 0. The van der Waals surface area contributed by atoms with Crippen molar-refractivity contribution in [1.82, 2.24) is 4.98 Å². The second-order valence-electron chi connectivity index (χ2n) is 3.04. The number of benzene rings is 1. The average molecular weight is 219 g/mol. The van der Waals surface area contributed by atoms with E-state index >= 15 is 0 Å². The van der Waals surface area contributed by atoms with Gasteiger partial charge in [0.05, 0.1) is 11.3 Å². The molecular weight excluding hydrogens is 210 g/mol. The van der Waals surface area contributed by atoms with E-state index in [0.717, 1.165) is 15.8 Å². The molecule has 0 amide bonds. The molecule has 2 rings (SSSR count). The first-order valence-electron chi connectivity index (χ1n) is 4.45. The Hall–Kier alpha value is -1.55. The summed E-state index contributed by atoms with van der Waals surface area (Å²) >= 11 is 1.32. The molecule has 15 heavy (non-hydrogen) atoms. The van der Waals surface area contributed by atoms with Crippen molar-refractivity contribution < 1.29 is 9.90 Å². The molecule has 0 unspecified atom stereocenters. The SMILES string of the molecule is O=C(O)CSc1ccc2ncccc2c1. The molecule has 0 spiro atoms. The first kappa shape index (κ1) is 9.98. The average Bonchev–Trinajstić information content (AvgIpc) is 2.26. The van der Waals surface area contributed by atoms with Crippen molar-refractivity contribution in [2.75, 3.05) is 5.75 Å². The van der Waals surface area contributed by atoms with Gasteiger partial charge in [0.1, 0.15) is 0 Å². The van der Waals surface area contributed by atoms with Crippen molar-refractivity contribution in [3.05, 3.63) is 36.5 Å². The van der Waals surface area contributed by atoms with Gasteiger partial charge in [0, 0.05) is 16.5 Å². The number of carbonyl (C=O) groups is 1. The minimum atomic E-state index is -0.800. The number of pyridine rings is 1. The zero-order chi connectivity index (χ0) is 10.7. The highest BCUT2D eigenvalue weighted by Crippen LogP contribution is 2.22. The Balaban J connectivity index is 2.26. The molecular formula is C11H9NO2S. The highest BCUT2D eigenvalue weighted by atomic mass is 32.2. The Morgan fingerprint density at radius 1 is 1.40 bits per heavy atom. The molecule has 0 radical (unpaired) electrons. The van der Waals surface area contributed by atoms with Crippen LogP contribution in [-0.4, -0.2) is 21.8 Å². The second-order valence-corrected chi connectivity index (χ2v) is 4.09. The molecule has 0 atom stereocenters. The number of aromatic nitrogens is 1. The Morgan fingerprint density at radius 3 is 3.07 bits per heavy atom. The molecule has 0 aliphatic heterocycles. The van der Waals surface area contributed by atoms with Gasteiger partial charge in [0.2, 0.25) is 0 Å². The summed E-state index contributed by atoms with van der Waals surface area (Å²) < 4.78 is 0. The van der Waals surface area contributed by atoms with E-state index in [1.54, 1.807) is 6.20 Å². The fourth-order valence-corrected chi connectivity index (χ4v) is 1.95. The van der Waals surface area contributed by atoms with Gasteiger partial charge >= 0.3 is 5.97 Å². The third-order valence-corrected chi connectivity index (χ3v) is 2.92. The zero-order valence-electron chi connectivity index (χ0n) is 7.88. The van der Waals surface area contributed by atoms with Gasteiger partial charge in [-0.05, 0) is 24.3 Å². The van der Waals surface area contributed by atoms with E-state index in [0.29, 0.717) is 0 Å². The van der Waals surface area contributed by atoms with E-state index in [4.69, 9.17) is 5.11 Å². The normalized spacial score (nSPS) is 10.4.